The molecule has 2 aromatic carbocycles. The van der Waals surface area contributed by atoms with Crippen molar-refractivity contribution in [2.75, 3.05) is 36.7 Å². The minimum atomic E-state index is -1.18. The number of ether oxygens (including phenoxy) is 2. The molecule has 4 aliphatic rings. The molecule has 0 unspecified atom stereocenters. The van der Waals surface area contributed by atoms with Crippen molar-refractivity contribution in [3.8, 4) is 22.8 Å². The van der Waals surface area contributed by atoms with Crippen molar-refractivity contribution in [1.82, 2.24) is 9.58 Å². The van der Waals surface area contributed by atoms with Gasteiger partial charge in [0.1, 0.15) is 11.9 Å². The second kappa shape index (κ2) is 8.02. The van der Waals surface area contributed by atoms with Crippen LogP contribution in [0.5, 0.6) is 11.5 Å². The molecule has 194 valence electrons. The molecule has 1 fully saturated rings. The number of morpholine rings is 1. The molecule has 12 heteroatoms. The Hall–Kier alpha value is -4.45. The number of aromatic hydroxyl groups is 1. The van der Waals surface area contributed by atoms with Gasteiger partial charge in [0.15, 0.2) is 29.7 Å². The van der Waals surface area contributed by atoms with E-state index in [0.717, 1.165) is 12.1 Å². The lowest BCUT2D eigenvalue weighted by Gasteiger charge is -2.42. The van der Waals surface area contributed by atoms with Gasteiger partial charge in [-0.25, -0.2) is 13.5 Å². The van der Waals surface area contributed by atoms with E-state index in [0.29, 0.717) is 29.2 Å². The molecular formula is C26H20F2N4O6. The molecule has 0 spiro atoms. The van der Waals surface area contributed by atoms with Gasteiger partial charge < -0.3 is 29.8 Å². The number of benzene rings is 2. The van der Waals surface area contributed by atoms with Gasteiger partial charge in [0.05, 0.1) is 31.1 Å². The molecule has 0 radical (unpaired) electrons. The first-order valence-electron chi connectivity index (χ1n) is 12.0. The molecule has 3 aromatic rings. The van der Waals surface area contributed by atoms with Crippen LogP contribution in [0.15, 0.2) is 35.1 Å². The van der Waals surface area contributed by atoms with E-state index in [1.807, 2.05) is 0 Å². The van der Waals surface area contributed by atoms with Crippen molar-refractivity contribution < 1.29 is 33.0 Å². The molecule has 1 aromatic heterocycles. The first kappa shape index (κ1) is 22.7. The third-order valence-electron chi connectivity index (χ3n) is 7.46. The molecule has 7 rings (SSSR count). The normalized spacial score (nSPS) is 19.5. The van der Waals surface area contributed by atoms with Crippen LogP contribution in [0.25, 0.3) is 11.3 Å². The van der Waals surface area contributed by atoms with E-state index in [2.05, 4.69) is 5.43 Å². The molecule has 1 atom stereocenters. The average Bonchev–Trinajstić information content (AvgIpc) is 3.09. The Kier molecular flexibility index (Phi) is 4.80. The number of anilines is 1. The van der Waals surface area contributed by atoms with Crippen LogP contribution >= 0.6 is 0 Å². The zero-order chi connectivity index (χ0) is 26.3. The number of carbonyl (C=O) groups is 2. The van der Waals surface area contributed by atoms with E-state index in [1.165, 1.54) is 14.5 Å². The maximum Gasteiger partial charge on any atom is 0.278 e. The summed E-state index contributed by atoms with van der Waals surface area (Å²) in [4.78, 5) is 41.8. The van der Waals surface area contributed by atoms with Gasteiger partial charge in [0, 0.05) is 30.2 Å². The maximum atomic E-state index is 15.4. The van der Waals surface area contributed by atoms with Crippen LogP contribution < -0.4 is 20.5 Å². The van der Waals surface area contributed by atoms with Gasteiger partial charge in [0.25, 0.3) is 11.8 Å². The van der Waals surface area contributed by atoms with Crippen LogP contribution in [0.2, 0.25) is 0 Å². The number of halogens is 2. The zero-order valence-electron chi connectivity index (χ0n) is 19.8. The van der Waals surface area contributed by atoms with Crippen LogP contribution in [0.3, 0.4) is 0 Å². The number of pyridine rings is 1. The van der Waals surface area contributed by atoms with E-state index in [9.17, 15) is 19.5 Å². The summed E-state index contributed by atoms with van der Waals surface area (Å²) in [6.45, 7) is 0.221. The highest BCUT2D eigenvalue weighted by Gasteiger charge is 2.39. The molecule has 10 nitrogen and oxygen atoms in total. The fourth-order valence-electron chi connectivity index (χ4n) is 5.67. The van der Waals surface area contributed by atoms with E-state index in [-0.39, 0.29) is 55.2 Å². The van der Waals surface area contributed by atoms with Crippen molar-refractivity contribution in [1.29, 1.82) is 0 Å². The van der Waals surface area contributed by atoms with Gasteiger partial charge in [-0.1, -0.05) is 12.1 Å². The third-order valence-corrected chi connectivity index (χ3v) is 7.46. The molecule has 0 bridgehead atoms. The molecular weight excluding hydrogens is 502 g/mol. The van der Waals surface area contributed by atoms with E-state index in [1.54, 1.807) is 18.2 Å². The minimum absolute atomic E-state index is 0.0444. The van der Waals surface area contributed by atoms with Crippen molar-refractivity contribution in [2.24, 2.45) is 0 Å². The molecule has 4 aliphatic heterocycles. The highest BCUT2D eigenvalue weighted by molar-refractivity contribution is 6.00. The molecule has 0 saturated carbocycles. The van der Waals surface area contributed by atoms with Crippen molar-refractivity contribution in [3.63, 3.8) is 0 Å². The predicted octanol–water partition coefficient (Wildman–Crippen LogP) is 1.68. The molecule has 1 saturated heterocycles. The molecule has 2 amide bonds. The molecule has 0 aliphatic carbocycles. The minimum Gasteiger partial charge on any atom is -0.502 e. The summed E-state index contributed by atoms with van der Waals surface area (Å²) in [6, 6.07) is 7.27. The third kappa shape index (κ3) is 3.09. The number of aromatic nitrogens is 1. The first-order chi connectivity index (χ1) is 18.3. The largest absolute Gasteiger partial charge is 0.502 e. The fraction of sp³-hybridized carbons (Fsp3) is 0.269. The number of para-hydroxylation sites is 1. The molecule has 5 heterocycles. The SMILES string of the molecule is O=C1COc2cccc3c2N1Cc1c(F)c(F)cc(-c2cc(=O)c(O)c4n2N[C@@H]2COCCN2C4=O)c1C3. The number of nitrogens with zero attached hydrogens (tertiary/aromatic N) is 3. The predicted molar refractivity (Wildman–Crippen MR) is 129 cm³/mol. The highest BCUT2D eigenvalue weighted by Crippen LogP contribution is 2.43. The summed E-state index contributed by atoms with van der Waals surface area (Å²) in [5.41, 5.74) is 3.59. The van der Waals surface area contributed by atoms with Crippen molar-refractivity contribution in [2.45, 2.75) is 19.1 Å². The maximum absolute atomic E-state index is 15.4. The smallest absolute Gasteiger partial charge is 0.278 e. The van der Waals surface area contributed by atoms with Crippen LogP contribution in [-0.2, 0) is 22.5 Å². The fourth-order valence-corrected chi connectivity index (χ4v) is 5.67. The Morgan fingerprint density at radius 1 is 1.11 bits per heavy atom. The Morgan fingerprint density at radius 3 is 2.79 bits per heavy atom. The number of rotatable bonds is 1. The number of fused-ring (bicyclic) bond motifs is 3. The van der Waals surface area contributed by atoms with Crippen molar-refractivity contribution in [3.05, 3.63) is 74.6 Å². The monoisotopic (exact) mass is 522 g/mol. The summed E-state index contributed by atoms with van der Waals surface area (Å²) in [7, 11) is 0. The molecule has 38 heavy (non-hydrogen) atoms. The Morgan fingerprint density at radius 2 is 1.95 bits per heavy atom. The summed E-state index contributed by atoms with van der Waals surface area (Å²) in [6.07, 6.45) is -0.509. The second-order valence-corrected chi connectivity index (χ2v) is 9.53. The van der Waals surface area contributed by atoms with Crippen molar-refractivity contribution >= 4 is 17.5 Å². The van der Waals surface area contributed by atoms with Gasteiger partial charge in [-0.2, -0.15) is 0 Å². The van der Waals surface area contributed by atoms with E-state index < -0.39 is 40.8 Å². The topological polar surface area (TPSA) is 113 Å². The van der Waals surface area contributed by atoms with Gasteiger partial charge in [-0.3, -0.25) is 14.4 Å². The van der Waals surface area contributed by atoms with Gasteiger partial charge >= 0.3 is 0 Å². The van der Waals surface area contributed by atoms with E-state index in [4.69, 9.17) is 9.47 Å². The van der Waals surface area contributed by atoms with Crippen LogP contribution in [0.4, 0.5) is 14.5 Å². The Labute approximate surface area is 213 Å². The van der Waals surface area contributed by atoms with Gasteiger partial charge in [-0.15, -0.1) is 0 Å². The first-order valence-corrected chi connectivity index (χ1v) is 12.0. The standard InChI is InChI=1S/C26H20F2N4O6/c27-16-7-14(17-8-18(33)25(35)24-26(36)30-4-5-37-10-20(30)29-32(17)24)13-6-12-2-1-3-19-23(12)31(21(34)11-38-19)9-15(13)22(16)28/h1-3,7-8,20,29,35H,4-6,9-11H2/t20-/m0/s1. The van der Waals surface area contributed by atoms with Gasteiger partial charge in [0.2, 0.25) is 5.43 Å². The number of nitrogens with one attached hydrogen (secondary N) is 1. The lowest BCUT2D eigenvalue weighted by Crippen LogP contribution is -2.59. The lowest BCUT2D eigenvalue weighted by atomic mass is 9.92. The van der Waals surface area contributed by atoms with Crippen LogP contribution in [0.1, 0.15) is 27.2 Å². The summed E-state index contributed by atoms with van der Waals surface area (Å²) in [5.74, 6) is -3.55. The Balaban J connectivity index is 1.49. The summed E-state index contributed by atoms with van der Waals surface area (Å²) < 4.78 is 42.8. The second-order valence-electron chi connectivity index (χ2n) is 9.53. The zero-order valence-corrected chi connectivity index (χ0v) is 19.8. The average molecular weight is 522 g/mol. The van der Waals surface area contributed by atoms with Crippen LogP contribution in [-0.4, -0.2) is 59.0 Å². The molecule has 2 N–H and O–H groups in total. The number of amides is 2. The number of hydrogen-bond donors (Lipinski definition) is 2. The lowest BCUT2D eigenvalue weighted by molar-refractivity contribution is -0.121. The van der Waals surface area contributed by atoms with E-state index >= 15 is 8.78 Å². The number of hydrogen-bond acceptors (Lipinski definition) is 7. The Bertz CT molecular complexity index is 1640. The summed E-state index contributed by atoms with van der Waals surface area (Å²) in [5, 5.41) is 10.6. The van der Waals surface area contributed by atoms with Gasteiger partial charge in [-0.05, 0) is 23.3 Å². The quantitative estimate of drug-likeness (QED) is 0.500. The number of carbonyl (C=O) groups excluding carboxylic acids is 2. The highest BCUT2D eigenvalue weighted by atomic mass is 19.2. The summed E-state index contributed by atoms with van der Waals surface area (Å²) >= 11 is 0. The van der Waals surface area contributed by atoms with Crippen LogP contribution in [0, 0.1) is 11.6 Å².